The second-order valence-electron chi connectivity index (χ2n) is 7.87. The van der Waals surface area contributed by atoms with Crippen LogP contribution < -0.4 is 4.90 Å². The predicted octanol–water partition coefficient (Wildman–Crippen LogP) is 3.76. The van der Waals surface area contributed by atoms with E-state index >= 15 is 0 Å². The highest BCUT2D eigenvalue weighted by atomic mass is 32.1. The van der Waals surface area contributed by atoms with Crippen molar-refractivity contribution in [2.24, 2.45) is 0 Å². The number of aryl methyl sites for hydroxylation is 1. The van der Waals surface area contributed by atoms with Crippen LogP contribution in [0.3, 0.4) is 0 Å². The van der Waals surface area contributed by atoms with Gasteiger partial charge in [-0.15, -0.1) is 5.10 Å². The molecule has 0 bridgehead atoms. The molecule has 33 heavy (non-hydrogen) atoms. The minimum atomic E-state index is -0.435. The molecule has 0 unspecified atom stereocenters. The molecule has 5 rings (SSSR count). The molecule has 170 valence electrons. The average molecular weight is 469 g/mol. The van der Waals surface area contributed by atoms with Crippen LogP contribution in [0.1, 0.15) is 22.3 Å². The van der Waals surface area contributed by atoms with Crippen molar-refractivity contribution in [3.63, 3.8) is 0 Å². The number of benzene rings is 2. The van der Waals surface area contributed by atoms with E-state index in [9.17, 15) is 19.6 Å². The normalized spacial score (nSPS) is 15.8. The second kappa shape index (κ2) is 8.41. The van der Waals surface area contributed by atoms with Gasteiger partial charge in [0.1, 0.15) is 11.6 Å². The number of aromatic nitrogens is 3. The number of nitro groups is 1. The Balaban J connectivity index is 1.49. The van der Waals surface area contributed by atoms with Crippen LogP contribution in [0.4, 0.5) is 15.8 Å². The van der Waals surface area contributed by atoms with Crippen molar-refractivity contribution < 1.29 is 14.4 Å². The summed E-state index contributed by atoms with van der Waals surface area (Å²) in [6, 6.07) is 12.7. The molecule has 1 atom stereocenters. The average Bonchev–Trinajstić information content (AvgIpc) is 3.32. The minimum absolute atomic E-state index is 0.00404. The fourth-order valence-electron chi connectivity index (χ4n) is 4.26. The number of rotatable bonds is 5. The van der Waals surface area contributed by atoms with Crippen LogP contribution in [0.15, 0.2) is 48.5 Å². The summed E-state index contributed by atoms with van der Waals surface area (Å²) < 4.78 is 15.7. The summed E-state index contributed by atoms with van der Waals surface area (Å²) in [4.78, 5) is 20.5. The van der Waals surface area contributed by atoms with Gasteiger partial charge in [0.15, 0.2) is 0 Å². The molecule has 1 N–H and O–H groups in total. The standard InChI is InChI=1S/C22H21FN6O3S/c1-14-24-22-28(25-14)21(30)20(33-22)19(15-6-8-16(9-7-15)29(31)32)27-12-10-26(11-13-27)18-5-3-2-4-17(18)23/h2-9,19,30H,10-13H2,1H3/t19-/m1/s1. The SMILES string of the molecule is Cc1nc2sc([C@@H](c3ccc([N+](=O)[O-])cc3)N3CCN(c4ccccc4F)CC3)c(O)n2n1. The first-order valence-electron chi connectivity index (χ1n) is 10.5. The lowest BCUT2D eigenvalue weighted by molar-refractivity contribution is -0.384. The molecule has 2 aromatic heterocycles. The smallest absolute Gasteiger partial charge is 0.269 e. The number of hydrogen-bond donors (Lipinski definition) is 1. The van der Waals surface area contributed by atoms with Gasteiger partial charge in [-0.2, -0.15) is 4.52 Å². The molecule has 4 aromatic rings. The van der Waals surface area contributed by atoms with Crippen molar-refractivity contribution in [1.29, 1.82) is 0 Å². The van der Waals surface area contributed by atoms with E-state index in [0.717, 1.165) is 5.56 Å². The first kappa shape index (κ1) is 21.3. The van der Waals surface area contributed by atoms with Crippen LogP contribution in [-0.2, 0) is 0 Å². The maximum atomic E-state index is 14.3. The molecule has 0 radical (unpaired) electrons. The maximum absolute atomic E-state index is 14.3. The number of non-ortho nitro benzene ring substituents is 1. The highest BCUT2D eigenvalue weighted by Crippen LogP contribution is 2.40. The molecular weight excluding hydrogens is 447 g/mol. The highest BCUT2D eigenvalue weighted by molar-refractivity contribution is 7.17. The largest absolute Gasteiger partial charge is 0.492 e. The Bertz CT molecular complexity index is 1310. The molecule has 1 fully saturated rings. The number of para-hydroxylation sites is 1. The molecule has 1 aliphatic rings. The van der Waals surface area contributed by atoms with Crippen molar-refractivity contribution in [1.82, 2.24) is 19.5 Å². The molecule has 3 heterocycles. The van der Waals surface area contributed by atoms with Crippen molar-refractivity contribution >= 4 is 27.7 Å². The summed E-state index contributed by atoms with van der Waals surface area (Å²) in [6.07, 6.45) is 0. The molecule has 0 saturated carbocycles. The van der Waals surface area contributed by atoms with Gasteiger partial charge in [-0.25, -0.2) is 9.37 Å². The maximum Gasteiger partial charge on any atom is 0.269 e. The van der Waals surface area contributed by atoms with E-state index in [0.29, 0.717) is 47.5 Å². The molecule has 11 heteroatoms. The van der Waals surface area contributed by atoms with Gasteiger partial charge in [-0.1, -0.05) is 35.6 Å². The van der Waals surface area contributed by atoms with Gasteiger partial charge >= 0.3 is 0 Å². The van der Waals surface area contributed by atoms with E-state index in [4.69, 9.17) is 0 Å². The van der Waals surface area contributed by atoms with E-state index in [-0.39, 0.29) is 23.4 Å². The van der Waals surface area contributed by atoms with Crippen molar-refractivity contribution in [3.8, 4) is 5.88 Å². The quantitative estimate of drug-likeness (QED) is 0.352. The Kier molecular flexibility index (Phi) is 5.43. The number of thiazole rings is 1. The summed E-state index contributed by atoms with van der Waals surface area (Å²) >= 11 is 1.34. The van der Waals surface area contributed by atoms with Gasteiger partial charge < -0.3 is 10.0 Å². The van der Waals surface area contributed by atoms with Crippen LogP contribution in [0, 0.1) is 22.9 Å². The molecular formula is C22H21FN6O3S. The van der Waals surface area contributed by atoms with Gasteiger partial charge in [0.25, 0.3) is 5.69 Å². The number of piperazine rings is 1. The van der Waals surface area contributed by atoms with Crippen LogP contribution in [0.2, 0.25) is 0 Å². The van der Waals surface area contributed by atoms with E-state index in [1.807, 2.05) is 11.0 Å². The van der Waals surface area contributed by atoms with Crippen molar-refractivity contribution in [2.75, 3.05) is 31.1 Å². The summed E-state index contributed by atoms with van der Waals surface area (Å²) in [7, 11) is 0. The summed E-state index contributed by atoms with van der Waals surface area (Å²) in [6.45, 7) is 4.19. The van der Waals surface area contributed by atoms with E-state index in [1.165, 1.54) is 34.1 Å². The Morgan fingerprint density at radius 2 is 1.82 bits per heavy atom. The third-order valence-corrected chi connectivity index (χ3v) is 6.92. The minimum Gasteiger partial charge on any atom is -0.492 e. The van der Waals surface area contributed by atoms with Gasteiger partial charge in [-0.05, 0) is 24.6 Å². The lowest BCUT2D eigenvalue weighted by Crippen LogP contribution is -2.48. The predicted molar refractivity (Wildman–Crippen MR) is 122 cm³/mol. The number of anilines is 1. The first-order valence-corrected chi connectivity index (χ1v) is 11.3. The molecule has 0 spiro atoms. The van der Waals surface area contributed by atoms with Gasteiger partial charge in [0, 0.05) is 38.3 Å². The van der Waals surface area contributed by atoms with E-state index < -0.39 is 4.92 Å². The fraction of sp³-hybridized carbons (Fsp3) is 0.273. The van der Waals surface area contributed by atoms with Crippen LogP contribution in [-0.4, -0.2) is 55.7 Å². The second-order valence-corrected chi connectivity index (χ2v) is 8.88. The molecule has 1 aliphatic heterocycles. The number of aromatic hydroxyl groups is 1. The Morgan fingerprint density at radius 1 is 1.12 bits per heavy atom. The van der Waals surface area contributed by atoms with Gasteiger partial charge in [0.05, 0.1) is 21.5 Å². The lowest BCUT2D eigenvalue weighted by Gasteiger charge is -2.40. The third-order valence-electron chi connectivity index (χ3n) is 5.85. The number of halogens is 1. The summed E-state index contributed by atoms with van der Waals surface area (Å²) in [5.74, 6) is 0.320. The monoisotopic (exact) mass is 468 g/mol. The number of nitro benzene ring substituents is 1. The van der Waals surface area contributed by atoms with Crippen LogP contribution >= 0.6 is 11.3 Å². The zero-order valence-electron chi connectivity index (χ0n) is 17.8. The van der Waals surface area contributed by atoms with Crippen molar-refractivity contribution in [3.05, 3.63) is 80.7 Å². The zero-order valence-corrected chi connectivity index (χ0v) is 18.6. The Labute approximate surface area is 192 Å². The molecule has 0 aliphatic carbocycles. The summed E-state index contributed by atoms with van der Waals surface area (Å²) in [5, 5.41) is 26.3. The van der Waals surface area contributed by atoms with E-state index in [2.05, 4.69) is 15.0 Å². The van der Waals surface area contributed by atoms with E-state index in [1.54, 1.807) is 31.2 Å². The number of fused-ring (bicyclic) bond motifs is 1. The molecule has 0 amide bonds. The first-order chi connectivity index (χ1) is 15.9. The fourth-order valence-corrected chi connectivity index (χ4v) is 5.42. The van der Waals surface area contributed by atoms with Crippen LogP contribution in [0.25, 0.3) is 4.96 Å². The lowest BCUT2D eigenvalue weighted by atomic mass is 10.0. The topological polar surface area (TPSA) is 100 Å². The molecule has 1 saturated heterocycles. The molecule has 9 nitrogen and oxygen atoms in total. The highest BCUT2D eigenvalue weighted by Gasteiger charge is 2.32. The number of hydrogen-bond acceptors (Lipinski definition) is 8. The van der Waals surface area contributed by atoms with Gasteiger partial charge in [-0.3, -0.25) is 15.0 Å². The number of nitrogens with zero attached hydrogens (tertiary/aromatic N) is 6. The summed E-state index contributed by atoms with van der Waals surface area (Å²) in [5.41, 5.74) is 1.39. The Morgan fingerprint density at radius 3 is 2.45 bits per heavy atom. The Hall–Kier alpha value is -3.57. The third kappa shape index (κ3) is 3.89. The van der Waals surface area contributed by atoms with Crippen molar-refractivity contribution in [2.45, 2.75) is 13.0 Å². The molecule has 2 aromatic carbocycles. The van der Waals surface area contributed by atoms with Gasteiger partial charge in [0.2, 0.25) is 10.8 Å². The van der Waals surface area contributed by atoms with Crippen LogP contribution in [0.5, 0.6) is 5.88 Å². The zero-order chi connectivity index (χ0) is 23.1.